The minimum absolute atomic E-state index is 0.115. The lowest BCUT2D eigenvalue weighted by Crippen LogP contribution is -1.98. The first-order chi connectivity index (χ1) is 4.74. The van der Waals surface area contributed by atoms with Crippen LogP contribution in [0.25, 0.3) is 0 Å². The summed E-state index contributed by atoms with van der Waals surface area (Å²) < 4.78 is 0. The lowest BCUT2D eigenvalue weighted by molar-refractivity contribution is 0.111. The van der Waals surface area contributed by atoms with E-state index in [1.54, 1.807) is 0 Å². The molecule has 52 valence electrons. The van der Waals surface area contributed by atoms with Gasteiger partial charge in [-0.15, -0.1) is 10.2 Å². The average Bonchev–Trinajstić information content (AvgIpc) is 1.88. The molecule has 0 fully saturated rings. The zero-order valence-electron chi connectivity index (χ0n) is 4.91. The maximum absolute atomic E-state index is 10.1. The number of halogens is 1. The van der Waals surface area contributed by atoms with E-state index >= 15 is 0 Å². The molecule has 1 aromatic heterocycles. The second-order valence-corrected chi connectivity index (χ2v) is 2.01. The van der Waals surface area contributed by atoms with Crippen molar-refractivity contribution in [2.75, 3.05) is 5.73 Å². The van der Waals surface area contributed by atoms with Crippen molar-refractivity contribution in [1.82, 2.24) is 10.2 Å². The van der Waals surface area contributed by atoms with Gasteiger partial charge in [0.15, 0.2) is 11.4 Å². The van der Waals surface area contributed by atoms with E-state index in [0.29, 0.717) is 6.29 Å². The lowest BCUT2D eigenvalue weighted by Gasteiger charge is -1.93. The number of rotatable bonds is 1. The van der Waals surface area contributed by atoms with Crippen molar-refractivity contribution in [3.63, 3.8) is 0 Å². The van der Waals surface area contributed by atoms with E-state index in [2.05, 4.69) is 10.2 Å². The first kappa shape index (κ1) is 6.95. The van der Waals surface area contributed by atoms with E-state index in [9.17, 15) is 4.79 Å². The maximum Gasteiger partial charge on any atom is 0.172 e. The molecule has 1 heterocycles. The van der Waals surface area contributed by atoms with Crippen molar-refractivity contribution in [3.05, 3.63) is 16.9 Å². The highest BCUT2D eigenvalue weighted by molar-refractivity contribution is 6.29. The van der Waals surface area contributed by atoms with Crippen molar-refractivity contribution in [2.45, 2.75) is 0 Å². The molecule has 0 saturated carbocycles. The Morgan fingerprint density at radius 3 is 2.80 bits per heavy atom. The maximum atomic E-state index is 10.1. The van der Waals surface area contributed by atoms with Gasteiger partial charge in [0.1, 0.15) is 5.69 Å². The first-order valence-corrected chi connectivity index (χ1v) is 2.85. The number of aldehydes is 1. The van der Waals surface area contributed by atoms with Crippen molar-refractivity contribution < 1.29 is 4.79 Å². The van der Waals surface area contributed by atoms with Crippen LogP contribution in [0.4, 0.5) is 5.69 Å². The van der Waals surface area contributed by atoms with Gasteiger partial charge in [0.05, 0.1) is 5.69 Å². The summed E-state index contributed by atoms with van der Waals surface area (Å²) in [6.45, 7) is 0. The van der Waals surface area contributed by atoms with Crippen molar-refractivity contribution >= 4 is 23.6 Å². The molecule has 1 rings (SSSR count). The third kappa shape index (κ3) is 1.22. The number of nitrogens with zero attached hydrogens (tertiary/aromatic N) is 2. The summed E-state index contributed by atoms with van der Waals surface area (Å²) in [6.07, 6.45) is 0.526. The fourth-order valence-corrected chi connectivity index (χ4v) is 0.637. The minimum atomic E-state index is 0.115. The quantitative estimate of drug-likeness (QED) is 0.604. The highest BCUT2D eigenvalue weighted by atomic mass is 35.5. The molecule has 5 heteroatoms. The van der Waals surface area contributed by atoms with Crippen LogP contribution in [0.5, 0.6) is 0 Å². The molecular weight excluding hydrogens is 154 g/mol. The molecule has 0 amide bonds. The summed E-state index contributed by atoms with van der Waals surface area (Å²) in [7, 11) is 0. The monoisotopic (exact) mass is 157 g/mol. The number of carbonyl (C=O) groups excluding carboxylic acids is 1. The van der Waals surface area contributed by atoms with Gasteiger partial charge >= 0.3 is 0 Å². The standard InChI is InChI=1S/C5H4ClN3O/c6-5-1-3(7)4(2-10)8-9-5/h1-2H,(H2,7,9). The highest BCUT2D eigenvalue weighted by Gasteiger charge is 1.99. The second-order valence-electron chi connectivity index (χ2n) is 1.63. The summed E-state index contributed by atoms with van der Waals surface area (Å²) in [5.41, 5.74) is 5.67. The Kier molecular flexibility index (Phi) is 1.82. The summed E-state index contributed by atoms with van der Waals surface area (Å²) in [4.78, 5) is 10.1. The fraction of sp³-hybridized carbons (Fsp3) is 0. The van der Waals surface area contributed by atoms with Gasteiger partial charge in [0.25, 0.3) is 0 Å². The van der Waals surface area contributed by atoms with Crippen molar-refractivity contribution in [1.29, 1.82) is 0 Å². The van der Waals surface area contributed by atoms with E-state index in [4.69, 9.17) is 17.3 Å². The molecule has 0 aliphatic carbocycles. The van der Waals surface area contributed by atoms with Crippen LogP contribution in [0, 0.1) is 0 Å². The van der Waals surface area contributed by atoms with Gasteiger partial charge < -0.3 is 5.73 Å². The molecule has 0 bridgehead atoms. The molecular formula is C5H4ClN3O. The molecule has 0 spiro atoms. The summed E-state index contributed by atoms with van der Waals surface area (Å²) in [5.74, 6) is 0. The van der Waals surface area contributed by atoms with Gasteiger partial charge in [0.2, 0.25) is 0 Å². The average molecular weight is 158 g/mol. The number of nitrogens with two attached hydrogens (primary N) is 1. The molecule has 4 nitrogen and oxygen atoms in total. The largest absolute Gasteiger partial charge is 0.397 e. The van der Waals surface area contributed by atoms with E-state index in [-0.39, 0.29) is 16.5 Å². The molecule has 0 aromatic carbocycles. The Bertz CT molecular complexity index is 263. The molecule has 1 aromatic rings. The molecule has 2 N–H and O–H groups in total. The Morgan fingerprint density at radius 1 is 1.60 bits per heavy atom. The third-order valence-corrected chi connectivity index (χ3v) is 1.12. The van der Waals surface area contributed by atoms with Crippen LogP contribution in [0.3, 0.4) is 0 Å². The minimum Gasteiger partial charge on any atom is -0.397 e. The first-order valence-electron chi connectivity index (χ1n) is 2.48. The topological polar surface area (TPSA) is 68.9 Å². The predicted molar refractivity (Wildman–Crippen MR) is 36.8 cm³/mol. The number of anilines is 1. The van der Waals surface area contributed by atoms with Crippen LogP contribution in [-0.4, -0.2) is 16.5 Å². The van der Waals surface area contributed by atoms with Gasteiger partial charge in [-0.25, -0.2) is 0 Å². The van der Waals surface area contributed by atoms with Crippen LogP contribution < -0.4 is 5.73 Å². The summed E-state index contributed by atoms with van der Waals surface area (Å²) >= 11 is 5.40. The zero-order chi connectivity index (χ0) is 7.56. The molecule has 10 heavy (non-hydrogen) atoms. The Balaban J connectivity index is 3.19. The van der Waals surface area contributed by atoms with Gasteiger partial charge in [-0.1, -0.05) is 11.6 Å². The number of aromatic nitrogens is 2. The van der Waals surface area contributed by atoms with E-state index in [1.807, 2.05) is 0 Å². The number of hydrogen-bond acceptors (Lipinski definition) is 4. The van der Waals surface area contributed by atoms with Crippen LogP contribution >= 0.6 is 11.6 Å². The van der Waals surface area contributed by atoms with Gasteiger partial charge in [-0.05, 0) is 0 Å². The molecule has 0 atom stereocenters. The number of carbonyl (C=O) groups is 1. The molecule has 0 aliphatic rings. The highest BCUT2D eigenvalue weighted by Crippen LogP contribution is 2.09. The molecule has 0 aliphatic heterocycles. The number of hydrogen-bond donors (Lipinski definition) is 1. The van der Waals surface area contributed by atoms with Gasteiger partial charge in [0, 0.05) is 6.07 Å². The summed E-state index contributed by atoms with van der Waals surface area (Å²) in [6, 6.07) is 1.37. The Morgan fingerprint density at radius 2 is 2.30 bits per heavy atom. The van der Waals surface area contributed by atoms with E-state index < -0.39 is 0 Å². The molecule has 0 unspecified atom stereocenters. The van der Waals surface area contributed by atoms with Crippen LogP contribution in [0.15, 0.2) is 6.07 Å². The van der Waals surface area contributed by atoms with E-state index in [1.165, 1.54) is 6.07 Å². The van der Waals surface area contributed by atoms with E-state index in [0.717, 1.165) is 0 Å². The lowest BCUT2D eigenvalue weighted by atomic mass is 10.3. The Labute approximate surface area is 62.0 Å². The zero-order valence-corrected chi connectivity index (χ0v) is 5.67. The molecule has 0 saturated heterocycles. The predicted octanol–water partition coefficient (Wildman–Crippen LogP) is 0.525. The molecule has 0 radical (unpaired) electrons. The summed E-state index contributed by atoms with van der Waals surface area (Å²) in [5, 5.41) is 7.02. The van der Waals surface area contributed by atoms with Crippen molar-refractivity contribution in [3.8, 4) is 0 Å². The fourth-order valence-electron chi connectivity index (χ4n) is 0.482. The SMILES string of the molecule is Nc1cc(Cl)nnc1C=O. The normalized spacial score (nSPS) is 9.30. The van der Waals surface area contributed by atoms with Crippen LogP contribution in [-0.2, 0) is 0 Å². The van der Waals surface area contributed by atoms with Gasteiger partial charge in [-0.3, -0.25) is 4.79 Å². The smallest absolute Gasteiger partial charge is 0.172 e. The number of nitrogen functional groups attached to an aromatic ring is 1. The second kappa shape index (κ2) is 2.62. The van der Waals surface area contributed by atoms with Crippen molar-refractivity contribution in [2.24, 2.45) is 0 Å². The van der Waals surface area contributed by atoms with Crippen LogP contribution in [0.2, 0.25) is 5.15 Å². The van der Waals surface area contributed by atoms with Crippen LogP contribution in [0.1, 0.15) is 10.5 Å². The third-order valence-electron chi connectivity index (χ3n) is 0.935. The van der Waals surface area contributed by atoms with Gasteiger partial charge in [-0.2, -0.15) is 0 Å². The Hall–Kier alpha value is -1.16.